The van der Waals surface area contributed by atoms with E-state index in [-0.39, 0.29) is 27.9 Å². The molecule has 0 aliphatic heterocycles. The van der Waals surface area contributed by atoms with Crippen LogP contribution in [-0.2, 0) is 15.6 Å². The van der Waals surface area contributed by atoms with Crippen LogP contribution in [0.4, 0.5) is 4.39 Å². The molecule has 0 saturated heterocycles. The number of aryl methyl sites for hydroxylation is 1. The van der Waals surface area contributed by atoms with Crippen molar-refractivity contribution in [3.63, 3.8) is 0 Å². The summed E-state index contributed by atoms with van der Waals surface area (Å²) >= 11 is 9.28. The molecule has 3 nitrogen and oxygen atoms in total. The summed E-state index contributed by atoms with van der Waals surface area (Å²) in [4.78, 5) is 12.6. The fraction of sp³-hybridized carbons (Fsp3) is 0.235. The lowest BCUT2D eigenvalue weighted by molar-refractivity contribution is 0.103. The van der Waals surface area contributed by atoms with Crippen molar-refractivity contribution in [2.75, 3.05) is 5.75 Å². The van der Waals surface area contributed by atoms with Crippen LogP contribution in [0.3, 0.4) is 0 Å². The van der Waals surface area contributed by atoms with Gasteiger partial charge in [-0.2, -0.15) is 0 Å². The van der Waals surface area contributed by atoms with Crippen molar-refractivity contribution in [1.29, 1.82) is 0 Å². The summed E-state index contributed by atoms with van der Waals surface area (Å²) < 4.78 is 37.4. The van der Waals surface area contributed by atoms with Gasteiger partial charge in [0, 0.05) is 21.4 Å². The highest BCUT2D eigenvalue weighted by atomic mass is 79.9. The highest BCUT2D eigenvalue weighted by Crippen LogP contribution is 2.27. The molecule has 0 aliphatic rings. The Morgan fingerprint density at radius 3 is 2.46 bits per heavy atom. The maximum Gasteiger partial charge on any atom is 0.195 e. The van der Waals surface area contributed by atoms with Crippen LogP contribution in [0.25, 0.3) is 0 Å². The van der Waals surface area contributed by atoms with E-state index in [1.54, 1.807) is 32.0 Å². The lowest BCUT2D eigenvalue weighted by Gasteiger charge is -2.09. The third kappa shape index (κ3) is 4.23. The molecule has 0 spiro atoms. The van der Waals surface area contributed by atoms with E-state index in [1.165, 1.54) is 6.07 Å². The lowest BCUT2D eigenvalue weighted by atomic mass is 10.0. The van der Waals surface area contributed by atoms with Crippen LogP contribution in [0, 0.1) is 12.7 Å². The van der Waals surface area contributed by atoms with E-state index >= 15 is 0 Å². The summed E-state index contributed by atoms with van der Waals surface area (Å²) in [6, 6.07) is 7.25. The Morgan fingerprint density at radius 1 is 1.21 bits per heavy atom. The van der Waals surface area contributed by atoms with Gasteiger partial charge in [0.25, 0.3) is 0 Å². The first-order valence-electron chi connectivity index (χ1n) is 7.14. The molecule has 0 aromatic heterocycles. The molecule has 0 N–H and O–H groups in total. The summed E-state index contributed by atoms with van der Waals surface area (Å²) in [6.07, 6.45) is 0. The predicted molar refractivity (Wildman–Crippen MR) is 96.9 cm³/mol. The van der Waals surface area contributed by atoms with Gasteiger partial charge >= 0.3 is 0 Å². The van der Waals surface area contributed by atoms with Crippen LogP contribution in [-0.4, -0.2) is 20.0 Å². The Bertz CT molecular complexity index is 910. The number of carbonyl (C=O) groups excluding carboxylic acids is 1. The molecule has 0 atom stereocenters. The van der Waals surface area contributed by atoms with Gasteiger partial charge in [-0.05, 0) is 42.3 Å². The van der Waals surface area contributed by atoms with Gasteiger partial charge in [0.1, 0.15) is 5.82 Å². The number of halogens is 3. The second-order valence-electron chi connectivity index (χ2n) is 5.40. The number of sulfone groups is 1. The van der Waals surface area contributed by atoms with Crippen molar-refractivity contribution in [2.45, 2.75) is 19.6 Å². The number of hydrogen-bond acceptors (Lipinski definition) is 3. The molecule has 2 aromatic carbocycles. The van der Waals surface area contributed by atoms with Gasteiger partial charge < -0.3 is 0 Å². The molecule has 0 fully saturated rings. The van der Waals surface area contributed by atoms with Crippen LogP contribution in [0.2, 0.25) is 5.02 Å². The standard InChI is InChI=1S/C17H15BrClFO3S/c1-3-24(22,23)9-11-4-5-12(14(18)7-11)17(21)13-6-10(2)16(20)8-15(13)19/h4-8H,3,9H2,1-2H3. The zero-order valence-corrected chi connectivity index (χ0v) is 16.2. The van der Waals surface area contributed by atoms with E-state index in [4.69, 9.17) is 11.6 Å². The van der Waals surface area contributed by atoms with Gasteiger partial charge in [0.15, 0.2) is 15.6 Å². The summed E-state index contributed by atoms with van der Waals surface area (Å²) in [7, 11) is -3.16. The average molecular weight is 434 g/mol. The van der Waals surface area contributed by atoms with Gasteiger partial charge in [0.05, 0.1) is 10.8 Å². The fourth-order valence-corrected chi connectivity index (χ4v) is 3.90. The van der Waals surface area contributed by atoms with Crippen molar-refractivity contribution >= 4 is 43.2 Å². The molecule has 128 valence electrons. The number of carbonyl (C=O) groups is 1. The summed E-state index contributed by atoms with van der Waals surface area (Å²) in [5.74, 6) is -0.876. The largest absolute Gasteiger partial charge is 0.289 e. The molecular formula is C17H15BrClFO3S. The van der Waals surface area contributed by atoms with E-state index in [0.717, 1.165) is 6.07 Å². The van der Waals surface area contributed by atoms with E-state index in [2.05, 4.69) is 15.9 Å². The number of benzene rings is 2. The Labute approximate surface area is 153 Å². The lowest BCUT2D eigenvalue weighted by Crippen LogP contribution is -2.08. The van der Waals surface area contributed by atoms with E-state index in [9.17, 15) is 17.6 Å². The zero-order chi connectivity index (χ0) is 18.1. The maximum atomic E-state index is 13.5. The molecule has 0 unspecified atom stereocenters. The average Bonchev–Trinajstić information content (AvgIpc) is 2.50. The minimum absolute atomic E-state index is 0.0348. The first kappa shape index (κ1) is 19.1. The SMILES string of the molecule is CCS(=O)(=O)Cc1ccc(C(=O)c2cc(C)c(F)cc2Cl)c(Br)c1. The highest BCUT2D eigenvalue weighted by Gasteiger charge is 2.18. The Balaban J connectivity index is 2.40. The van der Waals surface area contributed by atoms with Crippen LogP contribution in [0.15, 0.2) is 34.8 Å². The minimum atomic E-state index is -3.16. The third-order valence-electron chi connectivity index (χ3n) is 3.60. The first-order chi connectivity index (χ1) is 11.1. The molecule has 0 saturated carbocycles. The van der Waals surface area contributed by atoms with Crippen LogP contribution < -0.4 is 0 Å². The summed E-state index contributed by atoms with van der Waals surface area (Å²) in [5.41, 5.74) is 1.44. The van der Waals surface area contributed by atoms with Crippen molar-refractivity contribution in [1.82, 2.24) is 0 Å². The van der Waals surface area contributed by atoms with Gasteiger partial charge in [-0.3, -0.25) is 4.79 Å². The highest BCUT2D eigenvalue weighted by molar-refractivity contribution is 9.10. The van der Waals surface area contributed by atoms with Crippen molar-refractivity contribution in [3.05, 3.63) is 67.9 Å². The minimum Gasteiger partial charge on any atom is -0.289 e. The Hall–Kier alpha value is -1.24. The number of ketones is 1. The molecular weight excluding hydrogens is 419 g/mol. The number of rotatable bonds is 5. The van der Waals surface area contributed by atoms with Gasteiger partial charge in [-0.15, -0.1) is 0 Å². The van der Waals surface area contributed by atoms with Crippen LogP contribution in [0.5, 0.6) is 0 Å². The third-order valence-corrected chi connectivity index (χ3v) is 6.22. The molecule has 0 aliphatic carbocycles. The smallest absolute Gasteiger partial charge is 0.195 e. The van der Waals surface area contributed by atoms with Crippen LogP contribution >= 0.6 is 27.5 Å². The second kappa shape index (κ2) is 7.33. The Morgan fingerprint density at radius 2 is 1.88 bits per heavy atom. The molecule has 0 bridgehead atoms. The normalized spacial score (nSPS) is 11.5. The van der Waals surface area contributed by atoms with Gasteiger partial charge in [0.2, 0.25) is 0 Å². The fourth-order valence-electron chi connectivity index (χ4n) is 2.16. The first-order valence-corrected chi connectivity index (χ1v) is 10.1. The summed E-state index contributed by atoms with van der Waals surface area (Å²) in [5, 5.41) is 0.0348. The van der Waals surface area contributed by atoms with Gasteiger partial charge in [-0.1, -0.05) is 40.5 Å². The van der Waals surface area contributed by atoms with Crippen molar-refractivity contribution < 1.29 is 17.6 Å². The Kier molecular flexibility index (Phi) is 5.83. The molecule has 0 heterocycles. The molecule has 0 amide bonds. The molecule has 2 rings (SSSR count). The predicted octanol–water partition coefficient (Wildman–Crippen LogP) is 4.72. The number of hydrogen-bond donors (Lipinski definition) is 0. The zero-order valence-electron chi connectivity index (χ0n) is 13.1. The van der Waals surface area contributed by atoms with Crippen molar-refractivity contribution in [3.8, 4) is 0 Å². The van der Waals surface area contributed by atoms with E-state index in [1.807, 2.05) is 0 Å². The monoisotopic (exact) mass is 432 g/mol. The summed E-state index contributed by atoms with van der Waals surface area (Å²) in [6.45, 7) is 3.14. The van der Waals surface area contributed by atoms with E-state index < -0.39 is 15.7 Å². The quantitative estimate of drug-likeness (QED) is 0.641. The van der Waals surface area contributed by atoms with Gasteiger partial charge in [-0.25, -0.2) is 12.8 Å². The van der Waals surface area contributed by atoms with Crippen molar-refractivity contribution in [2.24, 2.45) is 0 Å². The maximum absolute atomic E-state index is 13.5. The second-order valence-corrected chi connectivity index (χ2v) is 9.02. The topological polar surface area (TPSA) is 51.2 Å². The van der Waals surface area contributed by atoms with E-state index in [0.29, 0.717) is 21.2 Å². The molecule has 24 heavy (non-hydrogen) atoms. The molecule has 2 aromatic rings. The molecule has 0 radical (unpaired) electrons. The van der Waals surface area contributed by atoms with Crippen LogP contribution in [0.1, 0.15) is 34.0 Å². The molecule has 7 heteroatoms.